The lowest BCUT2D eigenvalue weighted by Crippen LogP contribution is -2.58. The Hall–Kier alpha value is -3.47. The van der Waals surface area contributed by atoms with Gasteiger partial charge >= 0.3 is 12.0 Å². The highest BCUT2D eigenvalue weighted by Gasteiger charge is 2.45. The van der Waals surface area contributed by atoms with Gasteiger partial charge in [-0.25, -0.2) is 15.2 Å². The van der Waals surface area contributed by atoms with Gasteiger partial charge < -0.3 is 14.6 Å². The third kappa shape index (κ3) is 5.88. The fourth-order valence-electron chi connectivity index (χ4n) is 8.38. The highest BCUT2D eigenvalue weighted by Crippen LogP contribution is 2.47. The standard InChI is InChI=1S/C31H42N6O5/c1-2-42-27(38)18-32-31(41)35-34-29(39)28-30(40)37(26-12-4-3-11-25(26)33-28)24-16-21-9-6-10-22(17-24)36(21)23-14-19-7-5-8-20(13-19)15-23/h3-4,11-12,19-24H,2,5-10,13-18H2,1H3,(H,34,39)(H2,32,35,41)/t19-,20+,21-,22?,23?,24?/m1/s1. The molecule has 2 aliphatic carbocycles. The van der Waals surface area contributed by atoms with Crippen molar-refractivity contribution in [2.45, 2.75) is 102 Å². The number of piperidine rings is 2. The van der Waals surface area contributed by atoms with Gasteiger partial charge in [-0.3, -0.25) is 24.7 Å². The van der Waals surface area contributed by atoms with Gasteiger partial charge in [0.25, 0.3) is 11.5 Å². The first-order valence-electron chi connectivity index (χ1n) is 15.7. The monoisotopic (exact) mass is 578 g/mol. The number of amides is 3. The first-order chi connectivity index (χ1) is 20.4. The van der Waals surface area contributed by atoms with Gasteiger partial charge in [0, 0.05) is 24.2 Å². The first-order valence-corrected chi connectivity index (χ1v) is 15.7. The van der Waals surface area contributed by atoms with Gasteiger partial charge in [0.05, 0.1) is 17.6 Å². The first kappa shape index (κ1) is 28.6. The van der Waals surface area contributed by atoms with Crippen LogP contribution in [0.5, 0.6) is 0 Å². The number of para-hydroxylation sites is 2. The molecule has 3 amide bonds. The van der Waals surface area contributed by atoms with Crippen LogP contribution in [0.4, 0.5) is 4.79 Å². The van der Waals surface area contributed by atoms with Crippen molar-refractivity contribution in [2.75, 3.05) is 13.2 Å². The third-order valence-corrected chi connectivity index (χ3v) is 9.89. The smallest absolute Gasteiger partial charge is 0.333 e. The van der Waals surface area contributed by atoms with Crippen LogP contribution in [0.25, 0.3) is 11.0 Å². The predicted molar refractivity (Wildman–Crippen MR) is 157 cm³/mol. The van der Waals surface area contributed by atoms with Crippen molar-refractivity contribution in [3.8, 4) is 0 Å². The lowest BCUT2D eigenvalue weighted by Gasteiger charge is -2.55. The molecule has 0 radical (unpaired) electrons. The molecule has 11 heteroatoms. The molecule has 42 heavy (non-hydrogen) atoms. The predicted octanol–water partition coefficient (Wildman–Crippen LogP) is 3.43. The Morgan fingerprint density at radius 1 is 0.881 bits per heavy atom. The largest absolute Gasteiger partial charge is 0.465 e. The summed E-state index contributed by atoms with van der Waals surface area (Å²) in [5.41, 5.74) is 5.01. The van der Waals surface area contributed by atoms with Crippen LogP contribution >= 0.6 is 0 Å². The van der Waals surface area contributed by atoms with Crippen LogP contribution in [-0.4, -0.2) is 63.6 Å². The molecule has 2 aromatic rings. The van der Waals surface area contributed by atoms with Gasteiger partial charge in [-0.1, -0.05) is 37.8 Å². The number of esters is 1. The van der Waals surface area contributed by atoms with Crippen LogP contribution in [0.3, 0.4) is 0 Å². The van der Waals surface area contributed by atoms with E-state index in [1.165, 1.54) is 44.9 Å². The van der Waals surface area contributed by atoms with Crippen LogP contribution in [-0.2, 0) is 9.53 Å². The molecule has 2 aliphatic heterocycles. The van der Waals surface area contributed by atoms with E-state index >= 15 is 0 Å². The molecule has 0 spiro atoms. The van der Waals surface area contributed by atoms with Gasteiger partial charge in [-0.05, 0) is 75.8 Å². The van der Waals surface area contributed by atoms with Crippen LogP contribution in [0, 0.1) is 11.8 Å². The summed E-state index contributed by atoms with van der Waals surface area (Å²) in [6.45, 7) is 1.51. The van der Waals surface area contributed by atoms with E-state index < -0.39 is 23.5 Å². The van der Waals surface area contributed by atoms with E-state index in [4.69, 9.17) is 4.74 Å². The van der Waals surface area contributed by atoms with Crippen molar-refractivity contribution in [1.82, 2.24) is 30.6 Å². The van der Waals surface area contributed by atoms with Crippen LogP contribution in [0.1, 0.15) is 94.1 Å². The lowest BCUT2D eigenvalue weighted by molar-refractivity contribution is -0.141. The molecule has 6 rings (SSSR count). The van der Waals surface area contributed by atoms with E-state index in [1.807, 2.05) is 18.2 Å². The second-order valence-corrected chi connectivity index (χ2v) is 12.5. The van der Waals surface area contributed by atoms with Gasteiger partial charge in [0.15, 0.2) is 5.69 Å². The van der Waals surface area contributed by atoms with Gasteiger partial charge in [-0.2, -0.15) is 0 Å². The summed E-state index contributed by atoms with van der Waals surface area (Å²) in [6.07, 6.45) is 13.5. The van der Waals surface area contributed by atoms with E-state index in [1.54, 1.807) is 17.6 Å². The molecular weight excluding hydrogens is 536 g/mol. The summed E-state index contributed by atoms with van der Waals surface area (Å²) < 4.78 is 6.56. The van der Waals surface area contributed by atoms with Crippen LogP contribution in [0.2, 0.25) is 0 Å². The molecule has 4 aliphatic rings. The quantitative estimate of drug-likeness (QED) is 0.353. The molecular formula is C31H42N6O5. The van der Waals surface area contributed by atoms with E-state index in [0.29, 0.717) is 23.6 Å². The Kier molecular flexibility index (Phi) is 8.46. The minimum Gasteiger partial charge on any atom is -0.465 e. The third-order valence-electron chi connectivity index (χ3n) is 9.89. The molecule has 4 fully saturated rings. The summed E-state index contributed by atoms with van der Waals surface area (Å²) in [4.78, 5) is 57.9. The Balaban J connectivity index is 1.21. The summed E-state index contributed by atoms with van der Waals surface area (Å²) in [5, 5.41) is 2.30. The van der Waals surface area contributed by atoms with Crippen LogP contribution < -0.4 is 21.7 Å². The van der Waals surface area contributed by atoms with Gasteiger partial charge in [0.1, 0.15) is 6.54 Å². The molecule has 3 unspecified atom stereocenters. The lowest BCUT2D eigenvalue weighted by atomic mass is 9.68. The van der Waals surface area contributed by atoms with Crippen molar-refractivity contribution in [2.24, 2.45) is 11.8 Å². The SMILES string of the molecule is CCOC(=O)CNC(=O)NNC(=O)c1nc2ccccc2n(C2CC3CCC[C@H](C2)N3C2C[C@H]3CCC[C@@H](C2)C3)c1=O. The Morgan fingerprint density at radius 3 is 2.29 bits per heavy atom. The summed E-state index contributed by atoms with van der Waals surface area (Å²) in [7, 11) is 0. The van der Waals surface area contributed by atoms with E-state index in [2.05, 4.69) is 26.1 Å². The second-order valence-electron chi connectivity index (χ2n) is 12.5. The van der Waals surface area contributed by atoms with E-state index in [-0.39, 0.29) is 24.9 Å². The maximum absolute atomic E-state index is 13.9. The topological polar surface area (TPSA) is 135 Å². The maximum Gasteiger partial charge on any atom is 0.333 e. The highest BCUT2D eigenvalue weighted by atomic mass is 16.5. The summed E-state index contributed by atoms with van der Waals surface area (Å²) in [5.74, 6) is 0.335. The molecule has 3 heterocycles. The number of urea groups is 1. The molecule has 3 N–H and O–H groups in total. The number of hydrazine groups is 1. The zero-order chi connectivity index (χ0) is 29.2. The highest BCUT2D eigenvalue weighted by molar-refractivity contribution is 5.95. The summed E-state index contributed by atoms with van der Waals surface area (Å²) in [6, 6.07) is 8.13. The Labute approximate surface area is 245 Å². The second kappa shape index (κ2) is 12.4. The molecule has 6 atom stereocenters. The van der Waals surface area contributed by atoms with E-state index in [9.17, 15) is 19.2 Å². The number of benzene rings is 1. The van der Waals surface area contributed by atoms with Crippen molar-refractivity contribution >= 4 is 28.9 Å². The van der Waals surface area contributed by atoms with Gasteiger partial charge in [0.2, 0.25) is 0 Å². The molecule has 1 aromatic carbocycles. The van der Waals surface area contributed by atoms with Crippen molar-refractivity contribution in [1.29, 1.82) is 0 Å². The molecule has 2 saturated carbocycles. The maximum atomic E-state index is 13.9. The number of fused-ring (bicyclic) bond motifs is 5. The molecule has 1 aromatic heterocycles. The number of ether oxygens (including phenoxy) is 1. The number of rotatable bonds is 6. The minimum atomic E-state index is -0.808. The molecule has 11 nitrogen and oxygen atoms in total. The average Bonchev–Trinajstić information content (AvgIpc) is 2.98. The molecule has 4 bridgehead atoms. The fourth-order valence-corrected chi connectivity index (χ4v) is 8.38. The number of carbonyl (C=O) groups is 3. The molecule has 2 saturated heterocycles. The number of hydrogen-bond donors (Lipinski definition) is 3. The average molecular weight is 579 g/mol. The normalized spacial score (nSPS) is 29.0. The number of nitrogens with one attached hydrogen (secondary N) is 3. The zero-order valence-corrected chi connectivity index (χ0v) is 24.3. The minimum absolute atomic E-state index is 0.0348. The number of aromatic nitrogens is 2. The number of nitrogens with zero attached hydrogens (tertiary/aromatic N) is 3. The van der Waals surface area contributed by atoms with E-state index in [0.717, 1.165) is 43.0 Å². The Morgan fingerprint density at radius 2 is 1.57 bits per heavy atom. The summed E-state index contributed by atoms with van der Waals surface area (Å²) >= 11 is 0. The fraction of sp³-hybridized carbons (Fsp3) is 0.645. The van der Waals surface area contributed by atoms with Crippen molar-refractivity contribution < 1.29 is 19.1 Å². The number of carbonyl (C=O) groups excluding carboxylic acids is 3. The molecule has 226 valence electrons. The van der Waals surface area contributed by atoms with Gasteiger partial charge in [-0.15, -0.1) is 0 Å². The van der Waals surface area contributed by atoms with Crippen molar-refractivity contribution in [3.05, 3.63) is 40.3 Å². The number of hydrogen-bond acceptors (Lipinski definition) is 7. The van der Waals surface area contributed by atoms with Crippen LogP contribution in [0.15, 0.2) is 29.1 Å². The van der Waals surface area contributed by atoms with Crippen molar-refractivity contribution in [3.63, 3.8) is 0 Å². The zero-order valence-electron chi connectivity index (χ0n) is 24.3. The Bertz CT molecular complexity index is 1370.